The van der Waals surface area contributed by atoms with Crippen LogP contribution in [0.3, 0.4) is 0 Å². The van der Waals surface area contributed by atoms with Gasteiger partial charge in [0.15, 0.2) is 0 Å². The average molecular weight is 845 g/mol. The van der Waals surface area contributed by atoms with Crippen LogP contribution in [0.25, 0.3) is 118 Å². The Morgan fingerprint density at radius 2 is 0.924 bits per heavy atom. The second-order valence-electron chi connectivity index (χ2n) is 17.2. The molecule has 13 rings (SSSR count). The van der Waals surface area contributed by atoms with E-state index in [0.717, 1.165) is 40.3 Å². The molecule has 4 heterocycles. The minimum absolute atomic E-state index is 0.913. The lowest BCUT2D eigenvalue weighted by Gasteiger charge is -2.13. The number of para-hydroxylation sites is 5. The maximum atomic E-state index is 2.43. The first-order valence-corrected chi connectivity index (χ1v) is 22.9. The Labute approximate surface area is 382 Å². The van der Waals surface area contributed by atoms with Crippen LogP contribution in [0.4, 0.5) is 0 Å². The second-order valence-corrected chi connectivity index (χ2v) is 17.2. The van der Waals surface area contributed by atoms with Gasteiger partial charge < -0.3 is 18.3 Å². The van der Waals surface area contributed by atoms with Crippen LogP contribution in [0.2, 0.25) is 0 Å². The number of rotatable bonds is 7. The molecule has 0 bridgehead atoms. The molecule has 12 aromatic rings. The van der Waals surface area contributed by atoms with Crippen LogP contribution in [0.15, 0.2) is 212 Å². The number of allylic oxidation sites excluding steroid dienone is 4. The molecule has 0 spiro atoms. The molecule has 66 heavy (non-hydrogen) atoms. The Morgan fingerprint density at radius 3 is 1.56 bits per heavy atom. The Bertz CT molecular complexity index is 3990. The summed E-state index contributed by atoms with van der Waals surface area (Å²) in [5.41, 5.74) is 17.8. The molecule has 0 aliphatic heterocycles. The summed E-state index contributed by atoms with van der Waals surface area (Å²) in [4.78, 5) is 0. The SMILES string of the molecule is C/C=C\c1c(/C=C/n2c3c(c4ccccc42)CC=CC=C3)c2ccccc2n1-c1cccc(-c2cccc(-n3c4ccccc4c4cc(-n5c6ccccc6c6ccccc65)ccc43)c2)c1. The molecule has 4 nitrogen and oxygen atoms in total. The third-order valence-corrected chi connectivity index (χ3v) is 13.6. The quantitative estimate of drug-likeness (QED) is 0.152. The zero-order valence-electron chi connectivity index (χ0n) is 36.5. The fourth-order valence-electron chi connectivity index (χ4n) is 10.8. The van der Waals surface area contributed by atoms with Crippen molar-refractivity contribution in [2.45, 2.75) is 13.3 Å². The highest BCUT2D eigenvalue weighted by atomic mass is 15.0. The van der Waals surface area contributed by atoms with Crippen LogP contribution in [-0.2, 0) is 6.42 Å². The van der Waals surface area contributed by atoms with Gasteiger partial charge >= 0.3 is 0 Å². The van der Waals surface area contributed by atoms with E-state index in [9.17, 15) is 0 Å². The lowest BCUT2D eigenvalue weighted by atomic mass is 10.0. The number of nitrogens with zero attached hydrogens (tertiary/aromatic N) is 4. The van der Waals surface area contributed by atoms with E-state index in [-0.39, 0.29) is 0 Å². The predicted molar refractivity (Wildman–Crippen MR) is 281 cm³/mol. The fraction of sp³-hybridized carbons (Fsp3) is 0.0323. The van der Waals surface area contributed by atoms with Crippen molar-refractivity contribution in [1.29, 1.82) is 0 Å². The smallest absolute Gasteiger partial charge is 0.0542 e. The van der Waals surface area contributed by atoms with E-state index >= 15 is 0 Å². The first-order chi connectivity index (χ1) is 32.7. The number of hydrogen-bond donors (Lipinski definition) is 0. The van der Waals surface area contributed by atoms with Crippen molar-refractivity contribution < 1.29 is 0 Å². The van der Waals surface area contributed by atoms with E-state index < -0.39 is 0 Å². The number of fused-ring (bicyclic) bond motifs is 10. The summed E-state index contributed by atoms with van der Waals surface area (Å²) in [5, 5.41) is 7.50. The van der Waals surface area contributed by atoms with Crippen LogP contribution in [0, 0.1) is 0 Å². The molecule has 0 amide bonds. The molecular weight excluding hydrogens is 801 g/mol. The highest BCUT2D eigenvalue weighted by Crippen LogP contribution is 2.39. The summed E-state index contributed by atoms with van der Waals surface area (Å²) in [6, 6.07) is 68.8. The summed E-state index contributed by atoms with van der Waals surface area (Å²) in [6.07, 6.45) is 18.7. The largest absolute Gasteiger partial charge is 0.316 e. The van der Waals surface area contributed by atoms with Crippen LogP contribution in [-0.4, -0.2) is 18.3 Å². The van der Waals surface area contributed by atoms with Crippen LogP contribution in [0.5, 0.6) is 0 Å². The summed E-state index contributed by atoms with van der Waals surface area (Å²) >= 11 is 0. The van der Waals surface area contributed by atoms with Gasteiger partial charge in [0.1, 0.15) is 0 Å². The number of hydrogen-bond acceptors (Lipinski definition) is 0. The van der Waals surface area contributed by atoms with Crippen LogP contribution >= 0.6 is 0 Å². The topological polar surface area (TPSA) is 19.7 Å². The third kappa shape index (κ3) is 5.85. The van der Waals surface area contributed by atoms with Gasteiger partial charge in [-0.05, 0) is 121 Å². The lowest BCUT2D eigenvalue weighted by molar-refractivity contribution is 1.10. The Morgan fingerprint density at radius 1 is 0.409 bits per heavy atom. The zero-order valence-corrected chi connectivity index (χ0v) is 36.5. The van der Waals surface area contributed by atoms with Gasteiger partial charge in [0, 0.05) is 66.8 Å². The molecule has 0 fully saturated rings. The summed E-state index contributed by atoms with van der Waals surface area (Å²) in [6.45, 7) is 2.11. The molecule has 0 unspecified atom stereocenters. The van der Waals surface area contributed by atoms with E-state index in [1.54, 1.807) is 0 Å². The molecule has 4 aromatic heterocycles. The molecule has 312 valence electrons. The van der Waals surface area contributed by atoms with Crippen molar-refractivity contribution in [2.24, 2.45) is 0 Å². The average Bonchev–Trinajstić information content (AvgIpc) is 4.01. The molecule has 8 aromatic carbocycles. The molecular formula is C62H44N4. The molecule has 0 N–H and O–H groups in total. The van der Waals surface area contributed by atoms with Crippen molar-refractivity contribution in [2.75, 3.05) is 0 Å². The highest BCUT2D eigenvalue weighted by Gasteiger charge is 2.20. The zero-order chi connectivity index (χ0) is 43.7. The Kier molecular flexibility index (Phi) is 8.78. The molecule has 0 radical (unpaired) electrons. The van der Waals surface area contributed by atoms with Crippen molar-refractivity contribution >= 4 is 89.8 Å². The second kappa shape index (κ2) is 15.3. The van der Waals surface area contributed by atoms with E-state index in [1.807, 2.05) is 0 Å². The molecule has 0 saturated carbocycles. The van der Waals surface area contributed by atoms with Gasteiger partial charge in [0.2, 0.25) is 0 Å². The summed E-state index contributed by atoms with van der Waals surface area (Å²) in [7, 11) is 0. The first kappa shape index (κ1) is 37.9. The van der Waals surface area contributed by atoms with Gasteiger partial charge in [-0.25, -0.2) is 0 Å². The summed E-state index contributed by atoms with van der Waals surface area (Å²) in [5.74, 6) is 0. The monoisotopic (exact) mass is 844 g/mol. The lowest BCUT2D eigenvalue weighted by Crippen LogP contribution is -1.98. The third-order valence-electron chi connectivity index (χ3n) is 13.6. The van der Waals surface area contributed by atoms with Gasteiger partial charge in [-0.15, -0.1) is 0 Å². The maximum Gasteiger partial charge on any atom is 0.0542 e. The van der Waals surface area contributed by atoms with Crippen molar-refractivity contribution in [3.05, 3.63) is 235 Å². The van der Waals surface area contributed by atoms with Crippen molar-refractivity contribution in [3.63, 3.8) is 0 Å². The van der Waals surface area contributed by atoms with Gasteiger partial charge in [-0.2, -0.15) is 0 Å². The minimum Gasteiger partial charge on any atom is -0.316 e. The van der Waals surface area contributed by atoms with Gasteiger partial charge in [0.25, 0.3) is 0 Å². The van der Waals surface area contributed by atoms with E-state index in [1.165, 1.54) is 82.2 Å². The molecule has 0 atom stereocenters. The molecule has 1 aliphatic carbocycles. The van der Waals surface area contributed by atoms with Gasteiger partial charge in [-0.1, -0.05) is 140 Å². The van der Waals surface area contributed by atoms with E-state index in [4.69, 9.17) is 0 Å². The number of benzene rings is 8. The molecule has 1 aliphatic rings. The Hall–Kier alpha value is -8.60. The van der Waals surface area contributed by atoms with Crippen LogP contribution < -0.4 is 0 Å². The van der Waals surface area contributed by atoms with Crippen molar-refractivity contribution in [1.82, 2.24) is 18.3 Å². The van der Waals surface area contributed by atoms with Crippen molar-refractivity contribution in [3.8, 4) is 28.2 Å². The minimum atomic E-state index is 0.913. The standard InChI is InChI=1S/C62H44N4/c1-2-18-57-53(37-38-63-55-29-5-3-4-23-47(55)48-24-6-11-30-56(48)63)51-27-9-14-33-60(51)64(57)44-21-16-19-42(39-44)43-20-17-22-45(40-43)65-61-34-15-10-28-52(61)54-41-46(35-36-62(54)65)66-58-31-12-7-25-49(58)50-26-8-13-32-59(50)66/h2-22,24-41H,23H2,1H3/b18-2-,38-37+. The number of aromatic nitrogens is 4. The Balaban J connectivity index is 0.924. The normalized spacial score (nSPS) is 12.9. The molecule has 4 heteroatoms. The fourth-order valence-corrected chi connectivity index (χ4v) is 10.8. The van der Waals surface area contributed by atoms with E-state index in [2.05, 4.69) is 262 Å². The van der Waals surface area contributed by atoms with Crippen LogP contribution in [0.1, 0.15) is 29.4 Å². The van der Waals surface area contributed by atoms with Gasteiger partial charge in [-0.3, -0.25) is 0 Å². The van der Waals surface area contributed by atoms with E-state index in [0.29, 0.717) is 0 Å². The predicted octanol–water partition coefficient (Wildman–Crippen LogP) is 16.2. The summed E-state index contributed by atoms with van der Waals surface area (Å²) < 4.78 is 9.61. The highest BCUT2D eigenvalue weighted by molar-refractivity contribution is 6.12. The first-order valence-electron chi connectivity index (χ1n) is 22.9. The van der Waals surface area contributed by atoms with Gasteiger partial charge in [0.05, 0.1) is 38.8 Å². The molecule has 0 saturated heterocycles. The maximum absolute atomic E-state index is 2.43.